The fourth-order valence-electron chi connectivity index (χ4n) is 1.94. The van der Waals surface area contributed by atoms with E-state index in [4.69, 9.17) is 0 Å². The molecule has 0 fully saturated rings. The number of hydrogen-bond acceptors (Lipinski definition) is 1. The summed E-state index contributed by atoms with van der Waals surface area (Å²) in [5, 5.41) is 2.80. The number of rotatable bonds is 4. The van der Waals surface area contributed by atoms with Crippen LogP contribution in [0.1, 0.15) is 21.5 Å². The third-order valence-corrected chi connectivity index (χ3v) is 3.77. The number of nitrogens with one attached hydrogen (secondary N) is 1. The van der Waals surface area contributed by atoms with Gasteiger partial charge >= 0.3 is 0 Å². The first-order valence-corrected chi connectivity index (χ1v) is 7.15. The minimum absolute atomic E-state index is 0.259. The molecule has 0 bridgehead atoms. The van der Waals surface area contributed by atoms with Gasteiger partial charge in [0.1, 0.15) is 5.82 Å². The Bertz CT molecular complexity index is 628. The molecule has 0 atom stereocenters. The highest BCUT2D eigenvalue weighted by Crippen LogP contribution is 2.16. The Labute approximate surface area is 126 Å². The van der Waals surface area contributed by atoms with E-state index in [1.165, 1.54) is 23.3 Å². The molecule has 2 aromatic rings. The highest BCUT2D eigenvalue weighted by molar-refractivity contribution is 9.10. The van der Waals surface area contributed by atoms with Gasteiger partial charge in [-0.25, -0.2) is 4.39 Å². The molecule has 104 valence electrons. The van der Waals surface area contributed by atoms with E-state index >= 15 is 0 Å². The Kier molecular flexibility index (Phi) is 4.90. The lowest BCUT2D eigenvalue weighted by Gasteiger charge is -2.08. The van der Waals surface area contributed by atoms with E-state index in [0.717, 1.165) is 6.42 Å². The predicted octanol–water partition coefficient (Wildman–Crippen LogP) is 3.87. The normalized spacial score (nSPS) is 10.3. The first-order valence-electron chi connectivity index (χ1n) is 6.35. The molecule has 4 heteroatoms. The smallest absolute Gasteiger partial charge is 0.251 e. The molecule has 2 rings (SSSR count). The summed E-state index contributed by atoms with van der Waals surface area (Å²) in [6.45, 7) is 2.57. The second-order valence-corrected chi connectivity index (χ2v) is 5.42. The molecular formula is C16H15BrFNO. The molecule has 1 amide bonds. The molecule has 0 aliphatic rings. The van der Waals surface area contributed by atoms with Crippen molar-refractivity contribution >= 4 is 21.8 Å². The van der Waals surface area contributed by atoms with Crippen LogP contribution in [0.25, 0.3) is 0 Å². The van der Waals surface area contributed by atoms with Crippen molar-refractivity contribution in [1.82, 2.24) is 5.32 Å². The Morgan fingerprint density at radius 1 is 1.25 bits per heavy atom. The highest BCUT2D eigenvalue weighted by atomic mass is 79.9. The average Bonchev–Trinajstić information content (AvgIpc) is 2.44. The van der Waals surface area contributed by atoms with Gasteiger partial charge in [0.05, 0.1) is 4.47 Å². The third kappa shape index (κ3) is 3.67. The first kappa shape index (κ1) is 14.7. The predicted molar refractivity (Wildman–Crippen MR) is 81.3 cm³/mol. The lowest BCUT2D eigenvalue weighted by atomic mass is 10.1. The molecule has 0 heterocycles. The van der Waals surface area contributed by atoms with Crippen molar-refractivity contribution in [2.75, 3.05) is 6.54 Å². The quantitative estimate of drug-likeness (QED) is 0.902. The fraction of sp³-hybridized carbons (Fsp3) is 0.188. The minimum atomic E-state index is -0.434. The standard InChI is InChI=1S/C16H15BrFNO/c1-11-4-2-3-5-12(11)8-9-19-16(20)13-6-7-14(17)15(18)10-13/h2-7,10H,8-9H2,1H3,(H,19,20). The second-order valence-electron chi connectivity index (χ2n) is 4.56. The summed E-state index contributed by atoms with van der Waals surface area (Å²) >= 11 is 3.06. The Balaban J connectivity index is 1.92. The summed E-state index contributed by atoms with van der Waals surface area (Å²) < 4.78 is 13.7. The molecule has 0 aliphatic heterocycles. The van der Waals surface area contributed by atoms with Crippen molar-refractivity contribution in [3.8, 4) is 0 Å². The third-order valence-electron chi connectivity index (χ3n) is 3.12. The van der Waals surface area contributed by atoms with Gasteiger partial charge in [-0.05, 0) is 58.6 Å². The Morgan fingerprint density at radius 3 is 2.70 bits per heavy atom. The van der Waals surface area contributed by atoms with Gasteiger partial charge in [0.2, 0.25) is 0 Å². The largest absolute Gasteiger partial charge is 0.352 e. The van der Waals surface area contributed by atoms with Gasteiger partial charge in [-0.15, -0.1) is 0 Å². The van der Waals surface area contributed by atoms with Crippen LogP contribution in [0, 0.1) is 12.7 Å². The van der Waals surface area contributed by atoms with Crippen LogP contribution in [-0.4, -0.2) is 12.5 Å². The van der Waals surface area contributed by atoms with Crippen LogP contribution >= 0.6 is 15.9 Å². The van der Waals surface area contributed by atoms with E-state index in [2.05, 4.69) is 21.2 Å². The minimum Gasteiger partial charge on any atom is -0.352 e. The summed E-state index contributed by atoms with van der Waals surface area (Å²) in [4.78, 5) is 11.9. The van der Waals surface area contributed by atoms with E-state index in [-0.39, 0.29) is 5.91 Å². The molecule has 2 nitrogen and oxygen atoms in total. The lowest BCUT2D eigenvalue weighted by molar-refractivity contribution is 0.0953. The van der Waals surface area contributed by atoms with E-state index in [0.29, 0.717) is 16.6 Å². The van der Waals surface area contributed by atoms with E-state index in [1.807, 2.05) is 31.2 Å². The maximum atomic E-state index is 13.4. The molecule has 0 unspecified atom stereocenters. The van der Waals surface area contributed by atoms with Crippen LogP contribution in [0.2, 0.25) is 0 Å². The number of hydrogen-bond donors (Lipinski definition) is 1. The number of amides is 1. The van der Waals surface area contributed by atoms with E-state index in [9.17, 15) is 9.18 Å². The van der Waals surface area contributed by atoms with Gasteiger partial charge in [0.15, 0.2) is 0 Å². The van der Waals surface area contributed by atoms with Gasteiger partial charge in [-0.3, -0.25) is 4.79 Å². The summed E-state index contributed by atoms with van der Waals surface area (Å²) in [5.74, 6) is -0.693. The zero-order chi connectivity index (χ0) is 14.5. The summed E-state index contributed by atoms with van der Waals surface area (Å²) in [6.07, 6.45) is 0.761. The van der Waals surface area contributed by atoms with Gasteiger partial charge in [0.25, 0.3) is 5.91 Å². The summed E-state index contributed by atoms with van der Waals surface area (Å²) in [7, 11) is 0. The van der Waals surface area contributed by atoms with Gasteiger partial charge < -0.3 is 5.32 Å². The first-order chi connectivity index (χ1) is 9.58. The summed E-state index contributed by atoms with van der Waals surface area (Å²) in [6, 6.07) is 12.4. The van der Waals surface area contributed by atoms with Crippen molar-refractivity contribution in [1.29, 1.82) is 0 Å². The molecule has 0 radical (unpaired) electrons. The van der Waals surface area contributed by atoms with E-state index < -0.39 is 5.82 Å². The van der Waals surface area contributed by atoms with Crippen LogP contribution in [0.4, 0.5) is 4.39 Å². The van der Waals surface area contributed by atoms with Gasteiger partial charge in [-0.1, -0.05) is 24.3 Å². The maximum absolute atomic E-state index is 13.4. The average molecular weight is 336 g/mol. The number of carbonyl (C=O) groups is 1. The molecule has 0 aliphatic carbocycles. The number of aryl methyl sites for hydroxylation is 1. The lowest BCUT2D eigenvalue weighted by Crippen LogP contribution is -2.25. The molecular weight excluding hydrogens is 321 g/mol. The number of benzene rings is 2. The van der Waals surface area contributed by atoms with Crippen molar-refractivity contribution < 1.29 is 9.18 Å². The Hall–Kier alpha value is -1.68. The Morgan fingerprint density at radius 2 is 2.00 bits per heavy atom. The zero-order valence-electron chi connectivity index (χ0n) is 11.1. The number of carbonyl (C=O) groups excluding carboxylic acids is 1. The molecule has 0 aromatic heterocycles. The van der Waals surface area contributed by atoms with Crippen LogP contribution in [0.15, 0.2) is 46.9 Å². The van der Waals surface area contributed by atoms with Crippen LogP contribution in [0.5, 0.6) is 0 Å². The molecule has 0 saturated heterocycles. The summed E-state index contributed by atoms with van der Waals surface area (Å²) in [5.41, 5.74) is 2.74. The van der Waals surface area contributed by atoms with Crippen molar-refractivity contribution in [2.24, 2.45) is 0 Å². The van der Waals surface area contributed by atoms with Gasteiger partial charge in [0, 0.05) is 12.1 Å². The SMILES string of the molecule is Cc1ccccc1CCNC(=O)c1ccc(Br)c(F)c1. The van der Waals surface area contributed by atoms with Crippen LogP contribution < -0.4 is 5.32 Å². The topological polar surface area (TPSA) is 29.1 Å². The monoisotopic (exact) mass is 335 g/mol. The molecule has 2 aromatic carbocycles. The highest BCUT2D eigenvalue weighted by Gasteiger charge is 2.08. The molecule has 1 N–H and O–H groups in total. The van der Waals surface area contributed by atoms with Crippen molar-refractivity contribution in [2.45, 2.75) is 13.3 Å². The van der Waals surface area contributed by atoms with Crippen molar-refractivity contribution in [3.63, 3.8) is 0 Å². The molecule has 0 spiro atoms. The zero-order valence-corrected chi connectivity index (χ0v) is 12.7. The van der Waals surface area contributed by atoms with Gasteiger partial charge in [-0.2, -0.15) is 0 Å². The van der Waals surface area contributed by atoms with E-state index in [1.54, 1.807) is 6.07 Å². The second kappa shape index (κ2) is 6.66. The van der Waals surface area contributed by atoms with Crippen molar-refractivity contribution in [3.05, 3.63) is 69.4 Å². The molecule has 0 saturated carbocycles. The van der Waals surface area contributed by atoms with Crippen LogP contribution in [-0.2, 0) is 6.42 Å². The van der Waals surface area contributed by atoms with Crippen LogP contribution in [0.3, 0.4) is 0 Å². The fourth-order valence-corrected chi connectivity index (χ4v) is 2.19. The molecule has 20 heavy (non-hydrogen) atoms. The number of halogens is 2. The maximum Gasteiger partial charge on any atom is 0.251 e.